The first-order chi connectivity index (χ1) is 11.1. The summed E-state index contributed by atoms with van der Waals surface area (Å²) in [6.07, 6.45) is 7.07. The molecule has 2 heterocycles. The van der Waals surface area contributed by atoms with Gasteiger partial charge in [-0.2, -0.15) is 0 Å². The van der Waals surface area contributed by atoms with Crippen molar-refractivity contribution in [3.05, 3.63) is 28.5 Å². The van der Waals surface area contributed by atoms with Crippen LogP contribution in [-0.4, -0.2) is 37.8 Å². The van der Waals surface area contributed by atoms with E-state index in [9.17, 15) is 4.79 Å². The van der Waals surface area contributed by atoms with Gasteiger partial charge in [-0.25, -0.2) is 9.78 Å². The Hall–Kier alpha value is -0.980. The van der Waals surface area contributed by atoms with Crippen molar-refractivity contribution in [3.63, 3.8) is 0 Å². The average Bonchev–Trinajstić information content (AvgIpc) is 2.93. The van der Waals surface area contributed by atoms with E-state index in [4.69, 9.17) is 9.47 Å². The fourth-order valence-corrected chi connectivity index (χ4v) is 4.67. The molecule has 126 valence electrons. The van der Waals surface area contributed by atoms with Gasteiger partial charge in [0.25, 0.3) is 0 Å². The maximum Gasteiger partial charge on any atom is 0.331 e. The number of piperidine rings is 1. The van der Waals surface area contributed by atoms with Crippen LogP contribution >= 0.6 is 15.9 Å². The van der Waals surface area contributed by atoms with Gasteiger partial charge in [0.15, 0.2) is 0 Å². The summed E-state index contributed by atoms with van der Waals surface area (Å²) in [5, 5.41) is 3.52. The SMILES string of the molecule is COC(=O)COC1(c2cccnc2Br)CCC2(CCCNC2)C1. The lowest BCUT2D eigenvalue weighted by Crippen LogP contribution is -2.40. The van der Waals surface area contributed by atoms with E-state index in [1.807, 2.05) is 12.1 Å². The van der Waals surface area contributed by atoms with E-state index >= 15 is 0 Å². The highest BCUT2D eigenvalue weighted by Crippen LogP contribution is 2.55. The molecular formula is C17H23BrN2O3. The van der Waals surface area contributed by atoms with Crippen LogP contribution in [0.3, 0.4) is 0 Å². The van der Waals surface area contributed by atoms with Gasteiger partial charge in [-0.15, -0.1) is 0 Å². The molecule has 0 aromatic carbocycles. The van der Waals surface area contributed by atoms with Crippen LogP contribution in [0.2, 0.25) is 0 Å². The molecule has 2 aliphatic rings. The number of methoxy groups -OCH3 is 1. The molecule has 2 fully saturated rings. The van der Waals surface area contributed by atoms with Crippen molar-refractivity contribution in [2.75, 3.05) is 26.8 Å². The number of halogens is 1. The second kappa shape index (κ2) is 6.87. The smallest absolute Gasteiger partial charge is 0.331 e. The molecule has 2 unspecified atom stereocenters. The zero-order chi connectivity index (χ0) is 16.3. The van der Waals surface area contributed by atoms with Crippen LogP contribution in [0.25, 0.3) is 0 Å². The first kappa shape index (κ1) is 16.9. The molecule has 1 aliphatic carbocycles. The summed E-state index contributed by atoms with van der Waals surface area (Å²) < 4.78 is 11.7. The number of hydrogen-bond acceptors (Lipinski definition) is 5. The Balaban J connectivity index is 1.89. The van der Waals surface area contributed by atoms with Crippen LogP contribution in [0, 0.1) is 5.41 Å². The van der Waals surface area contributed by atoms with Crippen molar-refractivity contribution < 1.29 is 14.3 Å². The highest BCUT2D eigenvalue weighted by Gasteiger charge is 2.51. The number of carbonyl (C=O) groups is 1. The van der Waals surface area contributed by atoms with Crippen LogP contribution in [-0.2, 0) is 19.9 Å². The maximum atomic E-state index is 11.6. The Morgan fingerprint density at radius 2 is 2.30 bits per heavy atom. The number of aromatic nitrogens is 1. The molecule has 1 saturated carbocycles. The summed E-state index contributed by atoms with van der Waals surface area (Å²) in [7, 11) is 1.39. The third-order valence-corrected chi connectivity index (χ3v) is 5.86. The molecule has 1 aromatic heterocycles. The molecule has 5 nitrogen and oxygen atoms in total. The second-order valence-electron chi connectivity index (χ2n) is 6.66. The van der Waals surface area contributed by atoms with Crippen molar-refractivity contribution in [2.24, 2.45) is 5.41 Å². The topological polar surface area (TPSA) is 60.5 Å². The number of esters is 1. The fourth-order valence-electron chi connectivity index (χ4n) is 4.06. The molecular weight excluding hydrogens is 360 g/mol. The van der Waals surface area contributed by atoms with Gasteiger partial charge in [0, 0.05) is 18.3 Å². The molecule has 1 aromatic rings. The Morgan fingerprint density at radius 3 is 3.00 bits per heavy atom. The van der Waals surface area contributed by atoms with Gasteiger partial charge in [0.2, 0.25) is 0 Å². The zero-order valence-corrected chi connectivity index (χ0v) is 15.0. The minimum absolute atomic E-state index is 0.0264. The van der Waals surface area contributed by atoms with E-state index in [2.05, 4.69) is 26.2 Å². The van der Waals surface area contributed by atoms with Gasteiger partial charge in [-0.3, -0.25) is 0 Å². The number of carbonyl (C=O) groups excluding carboxylic acids is 1. The van der Waals surface area contributed by atoms with Crippen molar-refractivity contribution in [1.82, 2.24) is 10.3 Å². The van der Waals surface area contributed by atoms with Gasteiger partial charge >= 0.3 is 5.97 Å². The van der Waals surface area contributed by atoms with E-state index in [-0.39, 0.29) is 18.0 Å². The number of pyridine rings is 1. The molecule has 1 N–H and O–H groups in total. The molecule has 6 heteroatoms. The average molecular weight is 383 g/mol. The van der Waals surface area contributed by atoms with Gasteiger partial charge in [0.1, 0.15) is 11.2 Å². The molecule has 2 atom stereocenters. The number of nitrogens with zero attached hydrogens (tertiary/aromatic N) is 1. The molecule has 0 radical (unpaired) electrons. The summed E-state index contributed by atoms with van der Waals surface area (Å²) in [4.78, 5) is 16.0. The molecule has 1 saturated heterocycles. The highest BCUT2D eigenvalue weighted by molar-refractivity contribution is 9.10. The van der Waals surface area contributed by atoms with Gasteiger partial charge in [-0.05, 0) is 66.1 Å². The molecule has 23 heavy (non-hydrogen) atoms. The van der Waals surface area contributed by atoms with E-state index < -0.39 is 5.60 Å². The van der Waals surface area contributed by atoms with E-state index in [1.54, 1.807) is 6.20 Å². The first-order valence-electron chi connectivity index (χ1n) is 8.12. The highest BCUT2D eigenvalue weighted by atomic mass is 79.9. The third kappa shape index (κ3) is 3.44. The number of ether oxygens (including phenoxy) is 2. The third-order valence-electron chi connectivity index (χ3n) is 5.22. The predicted octanol–water partition coefficient (Wildman–Crippen LogP) is 2.78. The molecule has 1 aliphatic heterocycles. The standard InChI is InChI=1S/C17H23BrN2O3/c1-22-14(21)10-23-17(13-4-2-9-20-15(13)18)7-6-16(11-17)5-3-8-19-12-16/h2,4,9,19H,3,5-8,10-12H2,1H3. The molecule has 0 amide bonds. The summed E-state index contributed by atoms with van der Waals surface area (Å²) in [5.41, 5.74) is 0.815. The van der Waals surface area contributed by atoms with Crippen LogP contribution in [0.5, 0.6) is 0 Å². The lowest BCUT2D eigenvalue weighted by molar-refractivity contribution is -0.154. The van der Waals surface area contributed by atoms with Crippen molar-refractivity contribution in [2.45, 2.75) is 37.7 Å². The van der Waals surface area contributed by atoms with E-state index in [0.717, 1.165) is 42.5 Å². The zero-order valence-electron chi connectivity index (χ0n) is 13.4. The Morgan fingerprint density at radius 1 is 1.43 bits per heavy atom. The Kier molecular flexibility index (Phi) is 5.04. The normalized spacial score (nSPS) is 30.5. The summed E-state index contributed by atoms with van der Waals surface area (Å²) in [6, 6.07) is 3.97. The molecule has 1 spiro atoms. The minimum atomic E-state index is -0.472. The minimum Gasteiger partial charge on any atom is -0.467 e. The first-order valence-corrected chi connectivity index (χ1v) is 8.91. The lowest BCUT2D eigenvalue weighted by atomic mass is 9.77. The second-order valence-corrected chi connectivity index (χ2v) is 7.41. The number of rotatable bonds is 4. The van der Waals surface area contributed by atoms with Crippen LogP contribution in [0.4, 0.5) is 0 Å². The Bertz CT molecular complexity index is 575. The largest absolute Gasteiger partial charge is 0.467 e. The number of nitrogens with one attached hydrogen (secondary N) is 1. The Labute approximate surface area is 145 Å². The van der Waals surface area contributed by atoms with Crippen molar-refractivity contribution >= 4 is 21.9 Å². The number of hydrogen-bond donors (Lipinski definition) is 1. The van der Waals surface area contributed by atoms with Crippen molar-refractivity contribution in [3.8, 4) is 0 Å². The fraction of sp³-hybridized carbons (Fsp3) is 0.647. The summed E-state index contributed by atoms with van der Waals surface area (Å²) in [6.45, 7) is 2.09. The monoisotopic (exact) mass is 382 g/mol. The van der Waals surface area contributed by atoms with E-state index in [0.29, 0.717) is 0 Å². The van der Waals surface area contributed by atoms with Gasteiger partial charge in [-0.1, -0.05) is 6.07 Å². The molecule has 0 bridgehead atoms. The summed E-state index contributed by atoms with van der Waals surface area (Å²) in [5.74, 6) is -0.341. The molecule has 3 rings (SSSR count). The van der Waals surface area contributed by atoms with Crippen LogP contribution in [0.15, 0.2) is 22.9 Å². The van der Waals surface area contributed by atoms with Crippen LogP contribution in [0.1, 0.15) is 37.7 Å². The summed E-state index contributed by atoms with van der Waals surface area (Å²) >= 11 is 3.56. The van der Waals surface area contributed by atoms with Crippen molar-refractivity contribution in [1.29, 1.82) is 0 Å². The van der Waals surface area contributed by atoms with Crippen LogP contribution < -0.4 is 5.32 Å². The predicted molar refractivity (Wildman–Crippen MR) is 90.0 cm³/mol. The quantitative estimate of drug-likeness (QED) is 0.640. The van der Waals surface area contributed by atoms with E-state index in [1.165, 1.54) is 20.0 Å². The van der Waals surface area contributed by atoms with Gasteiger partial charge in [0.05, 0.1) is 12.7 Å². The van der Waals surface area contributed by atoms with Gasteiger partial charge < -0.3 is 14.8 Å². The lowest BCUT2D eigenvalue weighted by Gasteiger charge is -2.37. The maximum absolute atomic E-state index is 11.6.